The second kappa shape index (κ2) is 3.34. The van der Waals surface area contributed by atoms with Crippen molar-refractivity contribution in [3.05, 3.63) is 0 Å². The standard InChI is InChI=1S/C12H18O2/c13-12(8-2-1-3-8)9-6-10-4-5-11(7-9)14-10/h8-11H,1-7H2. The normalized spacial score (nSPS) is 42.1. The number of ether oxygens (including phenoxy) is 1. The van der Waals surface area contributed by atoms with Crippen LogP contribution in [-0.2, 0) is 9.53 Å². The summed E-state index contributed by atoms with van der Waals surface area (Å²) in [7, 11) is 0. The Balaban J connectivity index is 1.64. The lowest BCUT2D eigenvalue weighted by Gasteiger charge is -2.33. The molecule has 1 saturated carbocycles. The van der Waals surface area contributed by atoms with E-state index in [9.17, 15) is 4.79 Å². The minimum atomic E-state index is 0.353. The molecular weight excluding hydrogens is 176 g/mol. The van der Waals surface area contributed by atoms with Crippen LogP contribution in [0.2, 0.25) is 0 Å². The van der Waals surface area contributed by atoms with Gasteiger partial charge in [-0.1, -0.05) is 6.42 Å². The lowest BCUT2D eigenvalue weighted by atomic mass is 9.75. The average molecular weight is 194 g/mol. The van der Waals surface area contributed by atoms with Gasteiger partial charge in [-0.05, 0) is 38.5 Å². The molecule has 2 atom stereocenters. The van der Waals surface area contributed by atoms with Gasteiger partial charge < -0.3 is 4.74 Å². The summed E-state index contributed by atoms with van der Waals surface area (Å²) in [4.78, 5) is 12.0. The van der Waals surface area contributed by atoms with Crippen molar-refractivity contribution in [1.29, 1.82) is 0 Å². The average Bonchev–Trinajstić information content (AvgIpc) is 2.42. The summed E-state index contributed by atoms with van der Waals surface area (Å²) in [6.45, 7) is 0. The molecule has 0 spiro atoms. The van der Waals surface area contributed by atoms with Crippen LogP contribution in [-0.4, -0.2) is 18.0 Å². The molecule has 2 saturated heterocycles. The Morgan fingerprint density at radius 2 is 1.57 bits per heavy atom. The van der Waals surface area contributed by atoms with Crippen LogP contribution in [0.25, 0.3) is 0 Å². The number of hydrogen-bond donors (Lipinski definition) is 0. The van der Waals surface area contributed by atoms with Crippen molar-refractivity contribution in [2.45, 2.75) is 57.2 Å². The molecule has 2 unspecified atom stereocenters. The minimum absolute atomic E-state index is 0.353. The Bertz CT molecular complexity index is 233. The van der Waals surface area contributed by atoms with E-state index in [1.165, 1.54) is 19.3 Å². The fourth-order valence-electron chi connectivity index (χ4n) is 3.12. The Kier molecular flexibility index (Phi) is 2.12. The second-order valence-corrected chi connectivity index (χ2v) is 5.16. The zero-order chi connectivity index (χ0) is 9.54. The fraction of sp³-hybridized carbons (Fsp3) is 0.917. The van der Waals surface area contributed by atoms with Crippen LogP contribution >= 0.6 is 0 Å². The van der Waals surface area contributed by atoms with Gasteiger partial charge in [0.1, 0.15) is 5.78 Å². The van der Waals surface area contributed by atoms with Crippen LogP contribution in [0.5, 0.6) is 0 Å². The molecule has 2 heterocycles. The molecule has 78 valence electrons. The van der Waals surface area contributed by atoms with Crippen molar-refractivity contribution in [3.63, 3.8) is 0 Å². The van der Waals surface area contributed by atoms with E-state index in [0.29, 0.717) is 29.8 Å². The van der Waals surface area contributed by atoms with Crippen LogP contribution in [0.1, 0.15) is 44.9 Å². The molecule has 2 aliphatic heterocycles. The van der Waals surface area contributed by atoms with Crippen LogP contribution in [0, 0.1) is 11.8 Å². The molecule has 0 aromatic rings. The number of Topliss-reactive ketones (excluding diaryl/α,β-unsaturated/α-hetero) is 1. The van der Waals surface area contributed by atoms with E-state index in [-0.39, 0.29) is 0 Å². The highest BCUT2D eigenvalue weighted by Crippen LogP contribution is 2.40. The molecule has 2 nitrogen and oxygen atoms in total. The number of rotatable bonds is 2. The van der Waals surface area contributed by atoms with E-state index in [4.69, 9.17) is 4.74 Å². The highest BCUT2D eigenvalue weighted by Gasteiger charge is 2.40. The summed E-state index contributed by atoms with van der Waals surface area (Å²) in [6.07, 6.45) is 8.85. The predicted octanol–water partition coefficient (Wildman–Crippen LogP) is 2.31. The molecule has 14 heavy (non-hydrogen) atoms. The molecule has 3 aliphatic rings. The zero-order valence-corrected chi connectivity index (χ0v) is 8.58. The second-order valence-electron chi connectivity index (χ2n) is 5.16. The summed E-state index contributed by atoms with van der Waals surface area (Å²) >= 11 is 0. The van der Waals surface area contributed by atoms with Gasteiger partial charge in [-0.25, -0.2) is 0 Å². The summed E-state index contributed by atoms with van der Waals surface area (Å²) in [5.41, 5.74) is 0. The molecule has 0 aromatic heterocycles. The van der Waals surface area contributed by atoms with Gasteiger partial charge in [-0.3, -0.25) is 4.79 Å². The Labute approximate surface area is 85.0 Å². The van der Waals surface area contributed by atoms with E-state index < -0.39 is 0 Å². The third kappa shape index (κ3) is 1.40. The zero-order valence-electron chi connectivity index (χ0n) is 8.58. The third-order valence-corrected chi connectivity index (χ3v) is 4.20. The Morgan fingerprint density at radius 3 is 2.07 bits per heavy atom. The van der Waals surface area contributed by atoms with E-state index in [0.717, 1.165) is 25.7 Å². The van der Waals surface area contributed by atoms with E-state index >= 15 is 0 Å². The first kappa shape index (κ1) is 8.90. The van der Waals surface area contributed by atoms with Crippen molar-refractivity contribution in [1.82, 2.24) is 0 Å². The van der Waals surface area contributed by atoms with Gasteiger partial charge in [-0.2, -0.15) is 0 Å². The number of carbonyl (C=O) groups excluding carboxylic acids is 1. The third-order valence-electron chi connectivity index (χ3n) is 4.20. The largest absolute Gasteiger partial charge is 0.375 e. The number of ketones is 1. The van der Waals surface area contributed by atoms with Gasteiger partial charge in [0.2, 0.25) is 0 Å². The Hall–Kier alpha value is -0.370. The topological polar surface area (TPSA) is 26.3 Å². The molecule has 0 aromatic carbocycles. The molecule has 3 rings (SSSR count). The quantitative estimate of drug-likeness (QED) is 0.674. The van der Waals surface area contributed by atoms with Crippen molar-refractivity contribution >= 4 is 5.78 Å². The summed E-state index contributed by atoms with van der Waals surface area (Å²) < 4.78 is 5.76. The highest BCUT2D eigenvalue weighted by atomic mass is 16.5. The lowest BCUT2D eigenvalue weighted by Crippen LogP contribution is -2.35. The maximum Gasteiger partial charge on any atom is 0.139 e. The van der Waals surface area contributed by atoms with Crippen molar-refractivity contribution in [2.75, 3.05) is 0 Å². The number of fused-ring (bicyclic) bond motifs is 2. The number of carbonyl (C=O) groups is 1. The maximum atomic E-state index is 12.0. The minimum Gasteiger partial charge on any atom is -0.375 e. The molecule has 0 N–H and O–H groups in total. The van der Waals surface area contributed by atoms with Gasteiger partial charge in [0.05, 0.1) is 12.2 Å². The first-order chi connectivity index (χ1) is 6.83. The number of hydrogen-bond acceptors (Lipinski definition) is 2. The first-order valence-electron chi connectivity index (χ1n) is 6.02. The predicted molar refractivity (Wildman–Crippen MR) is 53.0 cm³/mol. The SMILES string of the molecule is O=C(C1CCC1)C1CC2CCC(C1)O2. The fourth-order valence-corrected chi connectivity index (χ4v) is 3.12. The van der Waals surface area contributed by atoms with Crippen molar-refractivity contribution in [3.8, 4) is 0 Å². The van der Waals surface area contributed by atoms with Crippen LogP contribution < -0.4 is 0 Å². The van der Waals surface area contributed by atoms with Crippen molar-refractivity contribution in [2.24, 2.45) is 11.8 Å². The molecule has 1 aliphatic carbocycles. The molecule has 0 radical (unpaired) electrons. The van der Waals surface area contributed by atoms with Crippen molar-refractivity contribution < 1.29 is 9.53 Å². The van der Waals surface area contributed by atoms with Gasteiger partial charge in [0.25, 0.3) is 0 Å². The molecular formula is C12H18O2. The summed E-state index contributed by atoms with van der Waals surface area (Å²) in [6, 6.07) is 0. The maximum absolute atomic E-state index is 12.0. The molecule has 2 heteroatoms. The molecule has 0 amide bonds. The first-order valence-corrected chi connectivity index (χ1v) is 6.02. The van der Waals surface area contributed by atoms with Gasteiger partial charge >= 0.3 is 0 Å². The van der Waals surface area contributed by atoms with E-state index in [1.807, 2.05) is 0 Å². The lowest BCUT2D eigenvalue weighted by molar-refractivity contribution is -0.135. The van der Waals surface area contributed by atoms with Gasteiger partial charge in [0, 0.05) is 11.8 Å². The van der Waals surface area contributed by atoms with Crippen LogP contribution in [0.3, 0.4) is 0 Å². The highest BCUT2D eigenvalue weighted by molar-refractivity contribution is 5.84. The molecule has 3 fully saturated rings. The van der Waals surface area contributed by atoms with Gasteiger partial charge in [0.15, 0.2) is 0 Å². The summed E-state index contributed by atoms with van der Waals surface area (Å²) in [5.74, 6) is 1.35. The van der Waals surface area contributed by atoms with E-state index in [2.05, 4.69) is 0 Å². The van der Waals surface area contributed by atoms with Crippen LogP contribution in [0.4, 0.5) is 0 Å². The van der Waals surface area contributed by atoms with Crippen LogP contribution in [0.15, 0.2) is 0 Å². The monoisotopic (exact) mass is 194 g/mol. The Morgan fingerprint density at radius 1 is 0.929 bits per heavy atom. The molecule has 2 bridgehead atoms. The summed E-state index contributed by atoms with van der Waals surface area (Å²) in [5, 5.41) is 0. The van der Waals surface area contributed by atoms with Gasteiger partial charge in [-0.15, -0.1) is 0 Å². The van der Waals surface area contributed by atoms with E-state index in [1.54, 1.807) is 0 Å². The smallest absolute Gasteiger partial charge is 0.139 e.